The molecular formula is C17H24N4O3S. The molecule has 8 heteroatoms. The predicted octanol–water partition coefficient (Wildman–Crippen LogP) is 0.592. The first-order chi connectivity index (χ1) is 12.0. The van der Waals surface area contributed by atoms with Gasteiger partial charge >= 0.3 is 0 Å². The zero-order chi connectivity index (χ0) is 17.5. The maximum atomic E-state index is 12.7. The lowest BCUT2D eigenvalue weighted by Gasteiger charge is -2.50. The Bertz CT molecular complexity index is 740. The molecular weight excluding hydrogens is 340 g/mol. The molecule has 3 fully saturated rings. The quantitative estimate of drug-likeness (QED) is 0.781. The van der Waals surface area contributed by atoms with E-state index in [1.54, 1.807) is 4.90 Å². The van der Waals surface area contributed by atoms with Crippen LogP contribution in [-0.4, -0.2) is 77.3 Å². The van der Waals surface area contributed by atoms with Crippen LogP contribution in [0.15, 0.2) is 18.6 Å². The van der Waals surface area contributed by atoms with Crippen molar-refractivity contribution in [3.05, 3.63) is 24.3 Å². The van der Waals surface area contributed by atoms with Gasteiger partial charge in [-0.15, -0.1) is 0 Å². The fourth-order valence-corrected chi connectivity index (χ4v) is 6.91. The lowest BCUT2D eigenvalue weighted by molar-refractivity contribution is 0.0406. The van der Waals surface area contributed by atoms with Crippen molar-refractivity contribution in [2.24, 2.45) is 5.92 Å². The number of nitrogens with zero attached hydrogens (tertiary/aromatic N) is 4. The van der Waals surface area contributed by atoms with Gasteiger partial charge in [0.2, 0.25) is 0 Å². The van der Waals surface area contributed by atoms with E-state index in [0.29, 0.717) is 19.5 Å². The van der Waals surface area contributed by atoms with E-state index in [1.165, 1.54) is 37.9 Å². The minimum Gasteiger partial charge on any atom is -0.334 e. The molecule has 3 aliphatic heterocycles. The summed E-state index contributed by atoms with van der Waals surface area (Å²) in [7, 11) is -3.16. The number of rotatable bonds is 3. The monoisotopic (exact) mass is 364 g/mol. The first-order valence-corrected chi connectivity index (χ1v) is 10.7. The molecule has 25 heavy (non-hydrogen) atoms. The molecule has 7 nitrogen and oxygen atoms in total. The minimum atomic E-state index is -3.16. The molecule has 0 saturated carbocycles. The summed E-state index contributed by atoms with van der Waals surface area (Å²) < 4.78 is 24.7. The molecule has 1 atom stereocenters. The molecule has 136 valence electrons. The SMILES string of the molecule is O=C(c1cnccn1)N1CC2(C1)C(CN1CCCCC1)CCS2(=O)=O. The van der Waals surface area contributed by atoms with Crippen molar-refractivity contribution in [2.75, 3.05) is 38.5 Å². The summed E-state index contributed by atoms with van der Waals surface area (Å²) in [4.78, 5) is 24.5. The van der Waals surface area contributed by atoms with Gasteiger partial charge in [-0.25, -0.2) is 13.4 Å². The van der Waals surface area contributed by atoms with E-state index >= 15 is 0 Å². The van der Waals surface area contributed by atoms with Crippen molar-refractivity contribution in [2.45, 2.75) is 30.4 Å². The third-order valence-corrected chi connectivity index (χ3v) is 8.62. The zero-order valence-corrected chi connectivity index (χ0v) is 15.1. The van der Waals surface area contributed by atoms with Crippen LogP contribution in [0.1, 0.15) is 36.2 Å². The Balaban J connectivity index is 1.48. The van der Waals surface area contributed by atoms with Gasteiger partial charge in [0.15, 0.2) is 9.84 Å². The summed E-state index contributed by atoms with van der Waals surface area (Å²) in [6.07, 6.45) is 8.81. The number of hydrogen-bond donors (Lipinski definition) is 0. The Kier molecular flexibility index (Phi) is 4.27. The molecule has 0 N–H and O–H groups in total. The van der Waals surface area contributed by atoms with Gasteiger partial charge in [-0.3, -0.25) is 9.78 Å². The number of carbonyl (C=O) groups excluding carboxylic acids is 1. The Morgan fingerprint density at radius 2 is 1.96 bits per heavy atom. The normalized spacial score (nSPS) is 28.0. The van der Waals surface area contributed by atoms with Crippen LogP contribution in [0.25, 0.3) is 0 Å². The highest BCUT2D eigenvalue weighted by molar-refractivity contribution is 7.93. The van der Waals surface area contributed by atoms with Gasteiger partial charge in [0.25, 0.3) is 5.91 Å². The van der Waals surface area contributed by atoms with Gasteiger partial charge < -0.3 is 9.80 Å². The van der Waals surface area contributed by atoms with Gasteiger partial charge in [-0.05, 0) is 38.3 Å². The van der Waals surface area contributed by atoms with Gasteiger partial charge in [-0.1, -0.05) is 6.42 Å². The molecule has 0 aliphatic carbocycles. The van der Waals surface area contributed by atoms with Crippen LogP contribution in [0.2, 0.25) is 0 Å². The van der Waals surface area contributed by atoms with Gasteiger partial charge in [0, 0.05) is 32.0 Å². The van der Waals surface area contributed by atoms with Crippen molar-refractivity contribution in [1.82, 2.24) is 19.8 Å². The summed E-state index contributed by atoms with van der Waals surface area (Å²) in [6.45, 7) is 3.56. The fraction of sp³-hybridized carbons (Fsp3) is 0.706. The Hall–Kier alpha value is -1.54. The summed E-state index contributed by atoms with van der Waals surface area (Å²) >= 11 is 0. The second-order valence-corrected chi connectivity index (χ2v) is 9.93. The molecule has 4 heterocycles. The van der Waals surface area contributed by atoms with E-state index in [0.717, 1.165) is 19.6 Å². The molecule has 1 aromatic rings. The molecule has 1 spiro atoms. The molecule has 3 saturated heterocycles. The molecule has 1 amide bonds. The zero-order valence-electron chi connectivity index (χ0n) is 14.3. The van der Waals surface area contributed by atoms with Crippen LogP contribution in [0.5, 0.6) is 0 Å². The lowest BCUT2D eigenvalue weighted by Crippen LogP contribution is -2.69. The van der Waals surface area contributed by atoms with Crippen LogP contribution in [0.4, 0.5) is 0 Å². The number of aromatic nitrogens is 2. The Morgan fingerprint density at radius 1 is 1.20 bits per heavy atom. The van der Waals surface area contributed by atoms with Gasteiger partial charge in [-0.2, -0.15) is 0 Å². The predicted molar refractivity (Wildman–Crippen MR) is 92.9 cm³/mol. The third-order valence-electron chi connectivity index (χ3n) is 6.01. The second-order valence-electron chi connectivity index (χ2n) is 7.48. The maximum Gasteiger partial charge on any atom is 0.274 e. The summed E-state index contributed by atoms with van der Waals surface area (Å²) in [5.41, 5.74) is 0.278. The van der Waals surface area contributed by atoms with Crippen molar-refractivity contribution < 1.29 is 13.2 Å². The Labute approximate surface area is 148 Å². The topological polar surface area (TPSA) is 83.5 Å². The van der Waals surface area contributed by atoms with E-state index in [9.17, 15) is 13.2 Å². The Morgan fingerprint density at radius 3 is 2.64 bits per heavy atom. The second kappa shape index (κ2) is 6.32. The number of amides is 1. The number of sulfone groups is 1. The standard InChI is InChI=1S/C17H24N4O3S/c22-16(15-10-18-5-6-19-15)21-12-17(13-21)14(4-9-25(17,23)24)11-20-7-2-1-3-8-20/h5-6,10,14H,1-4,7-9,11-13H2. The van der Waals surface area contributed by atoms with E-state index in [2.05, 4.69) is 14.9 Å². The summed E-state index contributed by atoms with van der Waals surface area (Å²) in [6, 6.07) is 0. The van der Waals surface area contributed by atoms with Crippen molar-refractivity contribution >= 4 is 15.7 Å². The largest absolute Gasteiger partial charge is 0.334 e. The van der Waals surface area contributed by atoms with E-state index in [-0.39, 0.29) is 23.3 Å². The van der Waals surface area contributed by atoms with E-state index in [4.69, 9.17) is 0 Å². The molecule has 0 radical (unpaired) electrons. The first kappa shape index (κ1) is 16.9. The number of piperidine rings is 1. The third kappa shape index (κ3) is 2.85. The minimum absolute atomic E-state index is 0.126. The highest BCUT2D eigenvalue weighted by Crippen LogP contribution is 2.45. The van der Waals surface area contributed by atoms with Crippen LogP contribution in [0, 0.1) is 5.92 Å². The maximum absolute atomic E-state index is 12.7. The summed E-state index contributed by atoms with van der Waals surface area (Å²) in [5.74, 6) is 0.151. The molecule has 0 aromatic carbocycles. The van der Waals surface area contributed by atoms with Crippen LogP contribution < -0.4 is 0 Å². The number of carbonyl (C=O) groups is 1. The molecule has 1 unspecified atom stereocenters. The number of likely N-dealkylation sites (tertiary alicyclic amines) is 2. The molecule has 4 rings (SSSR count). The summed E-state index contributed by atoms with van der Waals surface area (Å²) in [5, 5.41) is 0. The lowest BCUT2D eigenvalue weighted by atomic mass is 9.82. The average Bonchev–Trinajstić information content (AvgIpc) is 2.85. The van der Waals surface area contributed by atoms with Crippen molar-refractivity contribution in [1.29, 1.82) is 0 Å². The smallest absolute Gasteiger partial charge is 0.274 e. The molecule has 1 aromatic heterocycles. The van der Waals surface area contributed by atoms with Crippen LogP contribution in [-0.2, 0) is 9.84 Å². The van der Waals surface area contributed by atoms with Crippen molar-refractivity contribution in [3.8, 4) is 0 Å². The first-order valence-electron chi connectivity index (χ1n) is 9.02. The molecule has 0 bridgehead atoms. The molecule has 3 aliphatic rings. The van der Waals surface area contributed by atoms with Gasteiger partial charge in [0.05, 0.1) is 11.9 Å². The van der Waals surface area contributed by atoms with Gasteiger partial charge in [0.1, 0.15) is 10.4 Å². The van der Waals surface area contributed by atoms with E-state index in [1.807, 2.05) is 0 Å². The highest BCUT2D eigenvalue weighted by Gasteiger charge is 2.62. The van der Waals surface area contributed by atoms with E-state index < -0.39 is 14.6 Å². The van der Waals surface area contributed by atoms with Crippen molar-refractivity contribution in [3.63, 3.8) is 0 Å². The van der Waals surface area contributed by atoms with Crippen LogP contribution >= 0.6 is 0 Å². The fourth-order valence-electron chi connectivity index (χ4n) is 4.50. The number of hydrogen-bond acceptors (Lipinski definition) is 6. The average molecular weight is 364 g/mol. The van der Waals surface area contributed by atoms with Crippen LogP contribution in [0.3, 0.4) is 0 Å². The highest BCUT2D eigenvalue weighted by atomic mass is 32.2.